The van der Waals surface area contributed by atoms with Crippen LogP contribution in [0.5, 0.6) is 0 Å². The van der Waals surface area contributed by atoms with Crippen molar-refractivity contribution in [3.63, 3.8) is 0 Å². The van der Waals surface area contributed by atoms with Crippen LogP contribution in [-0.4, -0.2) is 106 Å². The Morgan fingerprint density at radius 3 is 1.77 bits per heavy atom. The van der Waals surface area contributed by atoms with Gasteiger partial charge in [-0.05, 0) is 38.5 Å². The van der Waals surface area contributed by atoms with Crippen LogP contribution in [0.1, 0.15) is 65.7 Å². The van der Waals surface area contributed by atoms with E-state index in [0.717, 1.165) is 19.3 Å². The molecule has 0 fully saturated rings. The molecule has 0 aliphatic heterocycles. The number of rotatable bonds is 18. The Morgan fingerprint density at radius 2 is 1.30 bits per heavy atom. The molecule has 0 unspecified atom stereocenters. The minimum absolute atomic E-state index is 0.116. The van der Waals surface area contributed by atoms with Crippen molar-refractivity contribution in [3.05, 3.63) is 0 Å². The third-order valence-corrected chi connectivity index (χ3v) is 11.3. The smallest absolute Gasteiger partial charge is 0.222 e. The van der Waals surface area contributed by atoms with Gasteiger partial charge in [-0.15, -0.1) is 0 Å². The molecule has 0 heterocycles. The zero-order valence-corrected chi connectivity index (χ0v) is 20.4. The molecule has 0 saturated carbocycles. The minimum atomic E-state index is -1.67. The highest BCUT2D eigenvalue weighted by Crippen LogP contribution is 2.60. The summed E-state index contributed by atoms with van der Waals surface area (Å²) in [5, 5.41) is 47.7. The Labute approximate surface area is 183 Å². The van der Waals surface area contributed by atoms with Crippen LogP contribution in [0, 0.1) is 0 Å². The summed E-state index contributed by atoms with van der Waals surface area (Å²) in [5.41, 5.74) is 0. The number of carbonyl (C=O) groups excluding carboxylic acids is 1. The van der Waals surface area contributed by atoms with E-state index in [-0.39, 0.29) is 12.5 Å². The number of carbonyl (C=O) groups is 1. The molecule has 0 saturated heterocycles. The Balaban J connectivity index is 4.37. The van der Waals surface area contributed by atoms with Crippen molar-refractivity contribution in [2.45, 2.75) is 90.1 Å². The van der Waals surface area contributed by atoms with Gasteiger partial charge in [0, 0.05) is 27.3 Å². The Morgan fingerprint density at radius 1 is 0.800 bits per heavy atom. The lowest BCUT2D eigenvalue weighted by Crippen LogP contribution is -2.49. The number of amides is 1. The third kappa shape index (κ3) is 10.8. The Bertz CT molecular complexity index is 436. The predicted octanol–water partition coefficient (Wildman–Crippen LogP) is 1.69. The van der Waals surface area contributed by atoms with Crippen molar-refractivity contribution in [2.75, 3.05) is 44.8 Å². The molecule has 0 aliphatic carbocycles. The van der Waals surface area contributed by atoms with E-state index in [1.165, 1.54) is 48.8 Å². The largest absolute Gasteiger partial charge is 0.394 e. The van der Waals surface area contributed by atoms with E-state index in [4.69, 9.17) is 5.11 Å². The molecule has 8 heteroatoms. The highest BCUT2D eigenvalue weighted by Gasteiger charge is 2.34. The maximum absolute atomic E-state index is 12.3. The molecule has 1 amide bonds. The van der Waals surface area contributed by atoms with Crippen molar-refractivity contribution in [2.24, 2.45) is 0 Å². The molecule has 0 aromatic rings. The van der Waals surface area contributed by atoms with E-state index in [1.54, 1.807) is 7.05 Å². The monoisotopic (exact) mass is 452 g/mol. The summed E-state index contributed by atoms with van der Waals surface area (Å²) < 4.78 is 0. The summed E-state index contributed by atoms with van der Waals surface area (Å²) in [4.78, 5) is 13.7. The molecule has 30 heavy (non-hydrogen) atoms. The van der Waals surface area contributed by atoms with Gasteiger partial charge >= 0.3 is 0 Å². The Hall–Kier alpha value is -0.300. The number of nitrogens with zero attached hydrogens (tertiary/aromatic N) is 1. The second-order valence-electron chi connectivity index (χ2n) is 8.62. The van der Waals surface area contributed by atoms with Gasteiger partial charge in [-0.1, -0.05) is 20.8 Å². The molecule has 4 atom stereocenters. The zero-order valence-electron chi connectivity index (χ0n) is 19.5. The second kappa shape index (κ2) is 16.3. The average Bonchev–Trinajstić information content (AvgIpc) is 2.72. The van der Waals surface area contributed by atoms with E-state index < -0.39 is 38.3 Å². The molecule has 0 aromatic carbocycles. The summed E-state index contributed by atoms with van der Waals surface area (Å²) in [6.07, 6.45) is 6.36. The summed E-state index contributed by atoms with van der Waals surface area (Å²) in [7, 11) is 0.701. The highest BCUT2D eigenvalue weighted by atomic mass is 31.2. The van der Waals surface area contributed by atoms with Gasteiger partial charge in [0.15, 0.2) is 0 Å². The van der Waals surface area contributed by atoms with Gasteiger partial charge in [0.2, 0.25) is 5.91 Å². The van der Waals surface area contributed by atoms with E-state index in [2.05, 4.69) is 20.8 Å². The van der Waals surface area contributed by atoms with Crippen molar-refractivity contribution in [1.82, 2.24) is 4.90 Å². The topological polar surface area (TPSA) is 121 Å². The average molecular weight is 453 g/mol. The first-order valence-corrected chi connectivity index (χ1v) is 14.1. The zero-order chi connectivity index (χ0) is 23.2. The van der Waals surface area contributed by atoms with Gasteiger partial charge < -0.3 is 30.4 Å². The van der Waals surface area contributed by atoms with Crippen molar-refractivity contribution < 1.29 is 30.3 Å². The molecule has 0 aliphatic rings. The summed E-state index contributed by atoms with van der Waals surface area (Å²) in [6.45, 7) is 5.97. The number of unbranched alkanes of at least 4 members (excludes halogenated alkanes) is 2. The van der Waals surface area contributed by atoms with E-state index >= 15 is 0 Å². The molecule has 5 N–H and O–H groups in total. The lowest BCUT2D eigenvalue weighted by molar-refractivity contribution is -0.138. The summed E-state index contributed by atoms with van der Waals surface area (Å²) in [6, 6.07) is 0. The molecular weight excluding hydrogens is 405 g/mol. The van der Waals surface area contributed by atoms with Crippen LogP contribution in [0.3, 0.4) is 0 Å². The maximum Gasteiger partial charge on any atom is 0.222 e. The number of aliphatic hydroxyl groups excluding tert-OH is 5. The lowest BCUT2D eigenvalue weighted by atomic mass is 10.0. The predicted molar refractivity (Wildman–Crippen MR) is 124 cm³/mol. The lowest BCUT2D eigenvalue weighted by Gasteiger charge is -2.28. The van der Waals surface area contributed by atoms with Gasteiger partial charge in [-0.2, -0.15) is 0 Å². The second-order valence-corrected chi connectivity index (χ2v) is 13.1. The molecule has 0 bridgehead atoms. The quantitative estimate of drug-likeness (QED) is 0.159. The van der Waals surface area contributed by atoms with Crippen LogP contribution in [-0.2, 0) is 4.79 Å². The van der Waals surface area contributed by atoms with Gasteiger partial charge in [0.1, 0.15) is 24.4 Å². The normalized spacial score (nSPS) is 16.2. The first-order valence-electron chi connectivity index (χ1n) is 11.6. The maximum atomic E-state index is 12.3. The van der Waals surface area contributed by atoms with Crippen LogP contribution in [0.15, 0.2) is 0 Å². The van der Waals surface area contributed by atoms with Crippen molar-refractivity contribution >= 4 is 13.2 Å². The van der Waals surface area contributed by atoms with Gasteiger partial charge in [-0.25, -0.2) is 0 Å². The van der Waals surface area contributed by atoms with Gasteiger partial charge in [-0.3, -0.25) is 4.79 Å². The van der Waals surface area contributed by atoms with Crippen LogP contribution >= 0.6 is 7.26 Å². The fourth-order valence-electron chi connectivity index (χ4n) is 4.24. The number of aliphatic hydroxyl groups is 5. The molecule has 7 nitrogen and oxygen atoms in total. The highest BCUT2D eigenvalue weighted by molar-refractivity contribution is 7.75. The molecular formula is C22H47NO6P+. The minimum Gasteiger partial charge on any atom is -0.394 e. The first kappa shape index (κ1) is 29.7. The molecule has 0 radical (unpaired) electrons. The summed E-state index contributed by atoms with van der Waals surface area (Å²) >= 11 is 0. The van der Waals surface area contributed by atoms with Gasteiger partial charge in [0.25, 0.3) is 0 Å². The molecule has 180 valence electrons. The van der Waals surface area contributed by atoms with Gasteiger partial charge in [0.05, 0.1) is 31.3 Å². The Kier molecular flexibility index (Phi) is 16.2. The van der Waals surface area contributed by atoms with Crippen molar-refractivity contribution in [1.29, 1.82) is 0 Å². The molecule has 0 aromatic heterocycles. The summed E-state index contributed by atoms with van der Waals surface area (Å²) in [5.74, 6) is -0.116. The first-order chi connectivity index (χ1) is 14.2. The molecule has 0 spiro atoms. The van der Waals surface area contributed by atoms with E-state index in [1.807, 2.05) is 0 Å². The standard InChI is InChI=1S/C22H47NO6P/c1-5-12-30(13-6-2,14-7-3)15-10-8-9-11-20(27)23(4)16-18(25)21(28)22(29)19(26)17-24/h18-19,21-22,24-26,28-29H,5-17H2,1-4H3/q+1/t18-,19+,21+,22+/m0/s1. The van der Waals surface area contributed by atoms with Crippen molar-refractivity contribution in [3.8, 4) is 0 Å². The SMILES string of the molecule is CCC[P+](CCC)(CCC)CCCCCC(=O)N(C)C[C@H](O)[C@@H](O)[C@H](O)[C@H](O)CO. The van der Waals surface area contributed by atoms with Crippen LogP contribution in [0.4, 0.5) is 0 Å². The fourth-order valence-corrected chi connectivity index (χ4v) is 9.32. The third-order valence-electron chi connectivity index (χ3n) is 5.83. The number of hydrogen-bond acceptors (Lipinski definition) is 6. The fraction of sp³-hybridized carbons (Fsp3) is 0.955. The van der Waals surface area contributed by atoms with Crippen LogP contribution in [0.2, 0.25) is 0 Å². The van der Waals surface area contributed by atoms with Crippen LogP contribution < -0.4 is 0 Å². The van der Waals surface area contributed by atoms with E-state index in [0.29, 0.717) is 6.42 Å². The molecule has 0 rings (SSSR count). The van der Waals surface area contributed by atoms with Crippen LogP contribution in [0.25, 0.3) is 0 Å². The number of hydrogen-bond donors (Lipinski definition) is 5. The van der Waals surface area contributed by atoms with E-state index in [9.17, 15) is 25.2 Å². The number of likely N-dealkylation sites (N-methyl/N-ethyl adjacent to an activating group) is 1.